The highest BCUT2D eigenvalue weighted by Crippen LogP contribution is 2.37. The first-order valence-corrected chi connectivity index (χ1v) is 9.73. The molecule has 1 N–H and O–H groups in total. The fourth-order valence-corrected chi connectivity index (χ4v) is 4.73. The quantitative estimate of drug-likeness (QED) is 0.676. The Morgan fingerprint density at radius 1 is 0.923 bits per heavy atom. The SMILES string of the molecule is Cc1cc(C)cc(-n2c(C)cc([C@@H]3NN=C(c4ccccc4)S3)c2C)c1. The van der Waals surface area contributed by atoms with Crippen molar-refractivity contribution in [3.63, 3.8) is 0 Å². The summed E-state index contributed by atoms with van der Waals surface area (Å²) in [7, 11) is 0. The molecule has 2 aromatic carbocycles. The zero-order valence-corrected chi connectivity index (χ0v) is 16.4. The Hall–Kier alpha value is -2.46. The standard InChI is InChI=1S/C22H23N3S/c1-14-10-15(2)12-19(11-14)25-16(3)13-20(17(25)4)22-24-23-21(26-22)18-8-6-5-7-9-18/h5-13,22,24H,1-4H3/t22-/m1/s1. The van der Waals surface area contributed by atoms with Crippen LogP contribution >= 0.6 is 11.8 Å². The van der Waals surface area contributed by atoms with Crippen LogP contribution in [0.3, 0.4) is 0 Å². The molecule has 0 unspecified atom stereocenters. The molecule has 26 heavy (non-hydrogen) atoms. The molecule has 3 aromatic rings. The number of hydrazone groups is 1. The van der Waals surface area contributed by atoms with E-state index in [1.165, 1.54) is 33.8 Å². The van der Waals surface area contributed by atoms with Gasteiger partial charge in [-0.2, -0.15) is 5.10 Å². The second-order valence-electron chi connectivity index (χ2n) is 6.92. The van der Waals surface area contributed by atoms with Gasteiger partial charge in [0.1, 0.15) is 10.4 Å². The van der Waals surface area contributed by atoms with E-state index < -0.39 is 0 Å². The molecule has 3 nitrogen and oxygen atoms in total. The van der Waals surface area contributed by atoms with Gasteiger partial charge in [-0.3, -0.25) is 5.43 Å². The van der Waals surface area contributed by atoms with Gasteiger partial charge < -0.3 is 4.57 Å². The molecule has 132 valence electrons. The van der Waals surface area contributed by atoms with Crippen LogP contribution in [-0.4, -0.2) is 9.61 Å². The third-order valence-corrected chi connectivity index (χ3v) is 5.90. The van der Waals surface area contributed by atoms with Gasteiger partial charge in [0.05, 0.1) is 0 Å². The van der Waals surface area contributed by atoms with Crippen LogP contribution in [0.5, 0.6) is 0 Å². The van der Waals surface area contributed by atoms with Gasteiger partial charge in [0.25, 0.3) is 0 Å². The number of benzene rings is 2. The van der Waals surface area contributed by atoms with Crippen molar-refractivity contribution in [1.82, 2.24) is 9.99 Å². The molecule has 0 aliphatic carbocycles. The Bertz CT molecular complexity index is 966. The number of thioether (sulfide) groups is 1. The molecule has 0 radical (unpaired) electrons. The molecule has 0 saturated carbocycles. The van der Waals surface area contributed by atoms with Gasteiger partial charge in [-0.15, -0.1) is 0 Å². The summed E-state index contributed by atoms with van der Waals surface area (Å²) in [6.07, 6.45) is 0. The second kappa shape index (κ2) is 6.69. The van der Waals surface area contributed by atoms with E-state index in [0.29, 0.717) is 0 Å². The topological polar surface area (TPSA) is 29.3 Å². The van der Waals surface area contributed by atoms with E-state index in [4.69, 9.17) is 0 Å². The van der Waals surface area contributed by atoms with E-state index in [-0.39, 0.29) is 5.37 Å². The number of rotatable bonds is 3. The van der Waals surface area contributed by atoms with Crippen molar-refractivity contribution in [1.29, 1.82) is 0 Å². The van der Waals surface area contributed by atoms with Crippen molar-refractivity contribution in [2.24, 2.45) is 5.10 Å². The summed E-state index contributed by atoms with van der Waals surface area (Å²) in [5.74, 6) is 0. The minimum absolute atomic E-state index is 0.149. The maximum absolute atomic E-state index is 4.57. The lowest BCUT2D eigenvalue weighted by molar-refractivity contribution is 0.737. The first-order chi connectivity index (χ1) is 12.5. The number of hydrogen-bond acceptors (Lipinski definition) is 3. The lowest BCUT2D eigenvalue weighted by Crippen LogP contribution is -2.08. The van der Waals surface area contributed by atoms with Gasteiger partial charge in [-0.1, -0.05) is 48.2 Å². The summed E-state index contributed by atoms with van der Waals surface area (Å²) in [6.45, 7) is 8.68. The summed E-state index contributed by atoms with van der Waals surface area (Å²) in [4.78, 5) is 0. The van der Waals surface area contributed by atoms with Crippen LogP contribution in [0.25, 0.3) is 5.69 Å². The fourth-order valence-electron chi connectivity index (χ4n) is 3.66. The maximum atomic E-state index is 4.57. The third kappa shape index (κ3) is 3.06. The van der Waals surface area contributed by atoms with Crippen LogP contribution in [0, 0.1) is 27.7 Å². The van der Waals surface area contributed by atoms with E-state index in [1.807, 2.05) is 6.07 Å². The first kappa shape index (κ1) is 17.0. The van der Waals surface area contributed by atoms with Crippen molar-refractivity contribution in [3.8, 4) is 5.69 Å². The molecule has 1 aliphatic heterocycles. The molecule has 1 atom stereocenters. The van der Waals surface area contributed by atoms with Crippen LogP contribution in [0.2, 0.25) is 0 Å². The van der Waals surface area contributed by atoms with Gasteiger partial charge >= 0.3 is 0 Å². The Kier molecular flexibility index (Phi) is 4.37. The van der Waals surface area contributed by atoms with Crippen LogP contribution < -0.4 is 5.43 Å². The Morgan fingerprint density at radius 2 is 1.62 bits per heavy atom. The molecule has 0 bridgehead atoms. The van der Waals surface area contributed by atoms with E-state index >= 15 is 0 Å². The van der Waals surface area contributed by atoms with Crippen molar-refractivity contribution < 1.29 is 0 Å². The number of aromatic nitrogens is 1. The molecular weight excluding hydrogens is 338 g/mol. The fraction of sp³-hybridized carbons (Fsp3) is 0.227. The van der Waals surface area contributed by atoms with Gasteiger partial charge in [-0.05, 0) is 57.0 Å². The molecule has 0 saturated heterocycles. The van der Waals surface area contributed by atoms with Crippen molar-refractivity contribution in [2.45, 2.75) is 33.1 Å². The van der Waals surface area contributed by atoms with Crippen molar-refractivity contribution >= 4 is 16.8 Å². The van der Waals surface area contributed by atoms with Crippen LogP contribution in [-0.2, 0) is 0 Å². The number of nitrogens with one attached hydrogen (secondary N) is 1. The Balaban J connectivity index is 1.66. The molecule has 2 heterocycles. The molecule has 0 spiro atoms. The van der Waals surface area contributed by atoms with Gasteiger partial charge in [-0.25, -0.2) is 0 Å². The highest BCUT2D eigenvalue weighted by Gasteiger charge is 2.26. The largest absolute Gasteiger partial charge is 0.318 e. The van der Waals surface area contributed by atoms with Gasteiger partial charge in [0.2, 0.25) is 0 Å². The number of nitrogens with zero attached hydrogens (tertiary/aromatic N) is 2. The molecule has 1 aliphatic rings. The molecule has 0 amide bonds. The number of hydrogen-bond donors (Lipinski definition) is 1. The van der Waals surface area contributed by atoms with Gasteiger partial charge in [0, 0.05) is 28.2 Å². The predicted octanol–water partition coefficient (Wildman–Crippen LogP) is 5.41. The monoisotopic (exact) mass is 361 g/mol. The first-order valence-electron chi connectivity index (χ1n) is 8.86. The number of aryl methyl sites for hydroxylation is 3. The molecule has 1 aromatic heterocycles. The molecular formula is C22H23N3S. The zero-order chi connectivity index (χ0) is 18.3. The summed E-state index contributed by atoms with van der Waals surface area (Å²) in [6, 6.07) is 19.3. The summed E-state index contributed by atoms with van der Waals surface area (Å²) < 4.78 is 2.35. The average Bonchev–Trinajstić information content (AvgIpc) is 3.19. The van der Waals surface area contributed by atoms with E-state index in [1.54, 1.807) is 11.8 Å². The van der Waals surface area contributed by atoms with Gasteiger partial charge in [0.15, 0.2) is 0 Å². The van der Waals surface area contributed by atoms with Crippen LogP contribution in [0.1, 0.15) is 39.0 Å². The van der Waals surface area contributed by atoms with Crippen LogP contribution in [0.15, 0.2) is 59.7 Å². The third-order valence-electron chi connectivity index (χ3n) is 4.75. The second-order valence-corrected chi connectivity index (χ2v) is 8.01. The summed E-state index contributed by atoms with van der Waals surface area (Å²) in [5.41, 5.74) is 12.1. The normalized spacial score (nSPS) is 16.5. The molecule has 4 rings (SSSR count). The molecule has 4 heteroatoms. The predicted molar refractivity (Wildman–Crippen MR) is 111 cm³/mol. The summed E-state index contributed by atoms with van der Waals surface area (Å²) in [5, 5.41) is 5.76. The van der Waals surface area contributed by atoms with Crippen LogP contribution in [0.4, 0.5) is 0 Å². The Morgan fingerprint density at radius 3 is 2.31 bits per heavy atom. The Labute approximate surface area is 159 Å². The van der Waals surface area contributed by atoms with Crippen molar-refractivity contribution in [2.75, 3.05) is 0 Å². The smallest absolute Gasteiger partial charge is 0.126 e. The maximum Gasteiger partial charge on any atom is 0.126 e. The summed E-state index contributed by atoms with van der Waals surface area (Å²) >= 11 is 1.78. The minimum Gasteiger partial charge on any atom is -0.318 e. The minimum atomic E-state index is 0.149. The van der Waals surface area contributed by atoms with E-state index in [9.17, 15) is 0 Å². The lowest BCUT2D eigenvalue weighted by atomic mass is 10.1. The van der Waals surface area contributed by atoms with E-state index in [0.717, 1.165) is 10.6 Å². The van der Waals surface area contributed by atoms with Crippen molar-refractivity contribution in [3.05, 3.63) is 88.2 Å². The lowest BCUT2D eigenvalue weighted by Gasteiger charge is -2.14. The highest BCUT2D eigenvalue weighted by atomic mass is 32.2. The average molecular weight is 362 g/mol. The van der Waals surface area contributed by atoms with E-state index in [2.05, 4.69) is 91.3 Å². The highest BCUT2D eigenvalue weighted by molar-refractivity contribution is 8.14. The zero-order valence-electron chi connectivity index (χ0n) is 15.6. The molecule has 0 fully saturated rings.